The fourth-order valence-electron chi connectivity index (χ4n) is 2.76. The smallest absolute Gasteiger partial charge is 0.308 e. The number of carbonyl (C=O) groups is 2. The summed E-state index contributed by atoms with van der Waals surface area (Å²) in [4.78, 5) is 22.1. The van der Waals surface area contributed by atoms with Crippen LogP contribution in [0.2, 0.25) is 0 Å². The van der Waals surface area contributed by atoms with Crippen molar-refractivity contribution < 1.29 is 19.4 Å². The fraction of sp³-hybridized carbons (Fsp3) is 0.364. The summed E-state index contributed by atoms with van der Waals surface area (Å²) in [7, 11) is 0. The molecule has 0 heterocycles. The summed E-state index contributed by atoms with van der Waals surface area (Å²) in [5.41, 5.74) is 12.7. The van der Waals surface area contributed by atoms with Crippen molar-refractivity contribution in [3.8, 4) is 11.5 Å². The first-order valence-electron chi connectivity index (χ1n) is 8.98. The molecule has 6 heteroatoms. The molecule has 0 fully saturated rings. The second kappa shape index (κ2) is 9.26. The van der Waals surface area contributed by atoms with Crippen LogP contribution in [0, 0.1) is 41.5 Å². The largest absolute Gasteiger partial charge is 0.508 e. The number of nitrogen functional groups attached to an aromatic ring is 1. The number of nitrogens with one attached hydrogen (secondary N) is 1. The molecule has 0 saturated heterocycles. The Balaban J connectivity index is 0.000000307. The highest BCUT2D eigenvalue weighted by Gasteiger charge is 2.13. The van der Waals surface area contributed by atoms with Gasteiger partial charge < -0.3 is 20.9 Å². The standard InChI is InChI=1S/C13H17NO3.C9H13NO/c1-7-6-12(17-11(5)16)8(2)9(3)13(7)14-10(4)15;1-5-4-8(11)6(2)7(3)9(5)10/h6H,1-5H3,(H,14,15);4,11H,10H2,1-3H3. The number of hydrogen-bond acceptors (Lipinski definition) is 5. The van der Waals surface area contributed by atoms with Crippen LogP contribution < -0.4 is 15.8 Å². The van der Waals surface area contributed by atoms with Crippen LogP contribution in [0.1, 0.15) is 47.2 Å². The van der Waals surface area contributed by atoms with E-state index in [9.17, 15) is 14.7 Å². The molecular weight excluding hydrogens is 356 g/mol. The Hall–Kier alpha value is -3.02. The van der Waals surface area contributed by atoms with Gasteiger partial charge in [-0.1, -0.05) is 0 Å². The summed E-state index contributed by atoms with van der Waals surface area (Å²) in [6.07, 6.45) is 0. The van der Waals surface area contributed by atoms with E-state index in [0.717, 1.165) is 44.8 Å². The van der Waals surface area contributed by atoms with E-state index in [1.54, 1.807) is 12.1 Å². The van der Waals surface area contributed by atoms with Gasteiger partial charge in [0, 0.05) is 25.2 Å². The van der Waals surface area contributed by atoms with Gasteiger partial charge in [0.05, 0.1) is 0 Å². The van der Waals surface area contributed by atoms with Crippen molar-refractivity contribution in [3.05, 3.63) is 45.5 Å². The minimum absolute atomic E-state index is 0.115. The van der Waals surface area contributed by atoms with Crippen molar-refractivity contribution in [3.63, 3.8) is 0 Å². The van der Waals surface area contributed by atoms with Gasteiger partial charge in [-0.2, -0.15) is 0 Å². The van der Waals surface area contributed by atoms with Crippen molar-refractivity contribution in [2.45, 2.75) is 55.4 Å². The first-order valence-corrected chi connectivity index (χ1v) is 8.98. The normalized spacial score (nSPS) is 10.0. The maximum atomic E-state index is 11.1. The van der Waals surface area contributed by atoms with Crippen LogP contribution in [0.3, 0.4) is 0 Å². The lowest BCUT2D eigenvalue weighted by Gasteiger charge is -2.16. The topological polar surface area (TPSA) is 102 Å². The lowest BCUT2D eigenvalue weighted by Crippen LogP contribution is -2.11. The van der Waals surface area contributed by atoms with Gasteiger partial charge in [0.2, 0.25) is 5.91 Å². The summed E-state index contributed by atoms with van der Waals surface area (Å²) in [5.74, 6) is 0.408. The number of amides is 1. The third kappa shape index (κ3) is 5.49. The number of phenolic OH excluding ortho intramolecular Hbond substituents is 1. The van der Waals surface area contributed by atoms with Crippen LogP contribution in [-0.4, -0.2) is 17.0 Å². The van der Waals surface area contributed by atoms with Gasteiger partial charge in [0.25, 0.3) is 0 Å². The van der Waals surface area contributed by atoms with Crippen molar-refractivity contribution >= 4 is 23.3 Å². The van der Waals surface area contributed by atoms with Crippen LogP contribution in [0.5, 0.6) is 11.5 Å². The van der Waals surface area contributed by atoms with E-state index in [1.807, 2.05) is 41.5 Å². The van der Waals surface area contributed by atoms with Gasteiger partial charge in [-0.3, -0.25) is 9.59 Å². The molecule has 0 atom stereocenters. The maximum Gasteiger partial charge on any atom is 0.308 e. The number of ether oxygens (including phenoxy) is 1. The second-order valence-corrected chi connectivity index (χ2v) is 6.97. The number of anilines is 2. The molecule has 0 saturated carbocycles. The Morgan fingerprint density at radius 1 is 0.893 bits per heavy atom. The Bertz CT molecular complexity index is 891. The molecule has 2 aromatic rings. The molecule has 0 bridgehead atoms. The van der Waals surface area contributed by atoms with Crippen LogP contribution in [0.4, 0.5) is 11.4 Å². The van der Waals surface area contributed by atoms with E-state index >= 15 is 0 Å². The molecule has 0 aliphatic carbocycles. The summed E-state index contributed by atoms with van der Waals surface area (Å²) in [5, 5.41) is 12.1. The molecule has 0 radical (unpaired) electrons. The van der Waals surface area contributed by atoms with Crippen molar-refractivity contribution in [2.24, 2.45) is 0 Å². The third-order valence-corrected chi connectivity index (χ3v) is 4.73. The highest BCUT2D eigenvalue weighted by molar-refractivity contribution is 5.91. The van der Waals surface area contributed by atoms with Gasteiger partial charge in [0.15, 0.2) is 0 Å². The molecule has 0 aliphatic heterocycles. The summed E-state index contributed by atoms with van der Waals surface area (Å²) in [6.45, 7) is 14.1. The molecule has 2 rings (SSSR count). The van der Waals surface area contributed by atoms with E-state index in [2.05, 4.69) is 5.32 Å². The first kappa shape index (κ1) is 23.0. The Morgan fingerprint density at radius 3 is 1.96 bits per heavy atom. The minimum atomic E-state index is -0.348. The fourth-order valence-corrected chi connectivity index (χ4v) is 2.76. The van der Waals surface area contributed by atoms with Crippen molar-refractivity contribution in [1.29, 1.82) is 0 Å². The van der Waals surface area contributed by atoms with Gasteiger partial charge in [-0.15, -0.1) is 0 Å². The van der Waals surface area contributed by atoms with Crippen LogP contribution in [0.25, 0.3) is 0 Å². The number of hydrogen-bond donors (Lipinski definition) is 3. The van der Waals surface area contributed by atoms with Gasteiger partial charge in [-0.25, -0.2) is 0 Å². The zero-order valence-corrected chi connectivity index (χ0v) is 17.9. The summed E-state index contributed by atoms with van der Waals surface area (Å²) in [6, 6.07) is 3.45. The average Bonchev–Trinajstić information content (AvgIpc) is 2.59. The van der Waals surface area contributed by atoms with Gasteiger partial charge in [-0.05, 0) is 87.1 Å². The molecule has 0 spiro atoms. The van der Waals surface area contributed by atoms with Crippen LogP contribution in [0.15, 0.2) is 12.1 Å². The highest BCUT2D eigenvalue weighted by Crippen LogP contribution is 2.31. The zero-order chi connectivity index (χ0) is 21.8. The lowest BCUT2D eigenvalue weighted by atomic mass is 10.0. The highest BCUT2D eigenvalue weighted by atomic mass is 16.5. The summed E-state index contributed by atoms with van der Waals surface area (Å²) < 4.78 is 5.12. The molecule has 0 aliphatic rings. The molecule has 1 amide bonds. The molecule has 0 aromatic heterocycles. The molecule has 152 valence electrons. The number of phenols is 1. The number of aryl methyl sites for hydroxylation is 2. The molecule has 0 unspecified atom stereocenters. The van der Waals surface area contributed by atoms with E-state index in [-0.39, 0.29) is 11.9 Å². The number of esters is 1. The second-order valence-electron chi connectivity index (χ2n) is 6.97. The number of nitrogens with two attached hydrogens (primary N) is 1. The Kier molecular flexibility index (Phi) is 7.61. The molecule has 28 heavy (non-hydrogen) atoms. The van der Waals surface area contributed by atoms with E-state index in [0.29, 0.717) is 11.5 Å². The van der Waals surface area contributed by atoms with Crippen molar-refractivity contribution in [1.82, 2.24) is 0 Å². The maximum absolute atomic E-state index is 11.1. The number of aromatic hydroxyl groups is 1. The van der Waals surface area contributed by atoms with Gasteiger partial charge in [0.1, 0.15) is 11.5 Å². The minimum Gasteiger partial charge on any atom is -0.508 e. The number of carbonyl (C=O) groups excluding carboxylic acids is 2. The Morgan fingerprint density at radius 2 is 1.46 bits per heavy atom. The third-order valence-electron chi connectivity index (χ3n) is 4.73. The molecular formula is C22H30N2O4. The number of rotatable bonds is 2. The lowest BCUT2D eigenvalue weighted by molar-refractivity contribution is -0.132. The SMILES string of the molecule is CC(=O)Nc1c(C)cc(OC(C)=O)c(C)c1C.Cc1cc(O)c(C)c(C)c1N. The number of benzene rings is 2. The monoisotopic (exact) mass is 386 g/mol. The molecule has 6 nitrogen and oxygen atoms in total. The predicted octanol–water partition coefficient (Wildman–Crippen LogP) is 4.40. The molecule has 2 aromatic carbocycles. The van der Waals surface area contributed by atoms with E-state index < -0.39 is 0 Å². The zero-order valence-electron chi connectivity index (χ0n) is 17.9. The predicted molar refractivity (Wildman–Crippen MR) is 113 cm³/mol. The van der Waals surface area contributed by atoms with Crippen LogP contribution in [-0.2, 0) is 9.59 Å². The van der Waals surface area contributed by atoms with E-state index in [1.165, 1.54) is 13.8 Å². The summed E-state index contributed by atoms with van der Waals surface area (Å²) >= 11 is 0. The van der Waals surface area contributed by atoms with E-state index in [4.69, 9.17) is 10.5 Å². The molecule has 4 N–H and O–H groups in total. The van der Waals surface area contributed by atoms with Gasteiger partial charge >= 0.3 is 5.97 Å². The quantitative estimate of drug-likeness (QED) is 0.307. The Labute approximate surface area is 166 Å². The first-order chi connectivity index (χ1) is 12.9. The van der Waals surface area contributed by atoms with Crippen molar-refractivity contribution in [2.75, 3.05) is 11.1 Å². The average molecular weight is 386 g/mol. The van der Waals surface area contributed by atoms with Crippen LogP contribution >= 0.6 is 0 Å².